The van der Waals surface area contributed by atoms with Gasteiger partial charge in [-0.3, -0.25) is 28.4 Å². The maximum Gasteiger partial charge on any atom is 0.246 e. The molecule has 2 saturated heterocycles. The number of piperidine rings is 1. The van der Waals surface area contributed by atoms with E-state index in [1.165, 1.54) is 19.0 Å². The number of carbonyl (C=O) groups excluding carboxylic acids is 4. The summed E-state index contributed by atoms with van der Waals surface area (Å²) >= 11 is 1.92. The molecule has 4 heterocycles. The molecule has 5 aliphatic rings. The Morgan fingerprint density at radius 3 is 2.58 bits per heavy atom. The maximum atomic E-state index is 13.6. The zero-order chi connectivity index (χ0) is 41.7. The Morgan fingerprint density at radius 2 is 1.88 bits per heavy atom. The molecule has 1 spiro atoms. The molecule has 0 bridgehead atoms. The Kier molecular flexibility index (Phi) is 13.9. The monoisotopic (exact) mass is 827 g/mol. The SMILES string of the molecule is C=CNC(=O)C(CCC)N(C)c1cccc(CCCCCC(=O)N2CCC(SN3CCC(Nc4ncc5c(n4)N(C4CCCC4C)C(=O)C54CC4)CC3)C2)c1N(C)C=O. The minimum absolute atomic E-state index is 0.121. The molecule has 0 radical (unpaired) electrons. The summed E-state index contributed by atoms with van der Waals surface area (Å²) in [6, 6.07) is 6.14. The molecular formula is C45H65N9O4S. The lowest BCUT2D eigenvalue weighted by Gasteiger charge is -2.33. The quantitative estimate of drug-likeness (QED) is 0.0928. The third kappa shape index (κ3) is 9.28. The lowest BCUT2D eigenvalue weighted by molar-refractivity contribution is -0.130. The second-order valence-corrected chi connectivity index (χ2v) is 19.0. The summed E-state index contributed by atoms with van der Waals surface area (Å²) in [5.41, 5.74) is 3.38. The van der Waals surface area contributed by atoms with Gasteiger partial charge < -0.3 is 25.3 Å². The van der Waals surface area contributed by atoms with Gasteiger partial charge in [-0.2, -0.15) is 4.98 Å². The number of hydrogen-bond acceptors (Lipinski definition) is 10. The summed E-state index contributed by atoms with van der Waals surface area (Å²) in [5, 5.41) is 6.77. The van der Waals surface area contributed by atoms with Gasteiger partial charge in [0.05, 0.1) is 16.8 Å². The van der Waals surface area contributed by atoms with E-state index in [9.17, 15) is 19.2 Å². The van der Waals surface area contributed by atoms with E-state index in [0.29, 0.717) is 30.0 Å². The number of amides is 4. The van der Waals surface area contributed by atoms with Crippen molar-refractivity contribution in [3.8, 4) is 0 Å². The minimum Gasteiger partial charge on any atom is -0.361 e. The third-order valence-electron chi connectivity index (χ3n) is 13.5. The number of nitrogens with one attached hydrogen (secondary N) is 2. The van der Waals surface area contributed by atoms with Gasteiger partial charge in [-0.25, -0.2) is 4.98 Å². The smallest absolute Gasteiger partial charge is 0.246 e. The largest absolute Gasteiger partial charge is 0.361 e. The van der Waals surface area contributed by atoms with E-state index < -0.39 is 6.04 Å². The highest BCUT2D eigenvalue weighted by Gasteiger charge is 2.62. The minimum atomic E-state index is -0.394. The number of unbranched alkanes of at least 4 members (excludes halogenated alkanes) is 2. The lowest BCUT2D eigenvalue weighted by Crippen LogP contribution is -2.44. The van der Waals surface area contributed by atoms with Gasteiger partial charge >= 0.3 is 0 Å². The molecule has 2 aromatic rings. The highest BCUT2D eigenvalue weighted by molar-refractivity contribution is 7.97. The first-order chi connectivity index (χ1) is 28.6. The molecule has 320 valence electrons. The first kappa shape index (κ1) is 42.9. The van der Waals surface area contributed by atoms with Crippen LogP contribution in [0, 0.1) is 5.92 Å². The van der Waals surface area contributed by atoms with Crippen molar-refractivity contribution < 1.29 is 19.2 Å². The van der Waals surface area contributed by atoms with Gasteiger partial charge in [-0.05, 0) is 94.4 Å². The second kappa shape index (κ2) is 19.0. The number of aryl methyl sites for hydroxylation is 1. The first-order valence-electron chi connectivity index (χ1n) is 22.2. The second-order valence-electron chi connectivity index (χ2n) is 17.6. The van der Waals surface area contributed by atoms with E-state index in [4.69, 9.17) is 9.97 Å². The van der Waals surface area contributed by atoms with Crippen molar-refractivity contribution in [3.05, 3.63) is 48.3 Å². The average Bonchev–Trinajstić information content (AvgIpc) is 3.62. The van der Waals surface area contributed by atoms with Gasteiger partial charge in [0.15, 0.2) is 0 Å². The topological polar surface area (TPSA) is 134 Å². The third-order valence-corrected chi connectivity index (χ3v) is 14.9. The van der Waals surface area contributed by atoms with E-state index in [1.807, 2.05) is 47.1 Å². The Labute approximate surface area is 355 Å². The summed E-state index contributed by atoms with van der Waals surface area (Å²) in [5.74, 6) is 2.36. The van der Waals surface area contributed by atoms with Crippen molar-refractivity contribution in [2.24, 2.45) is 5.92 Å². The summed E-state index contributed by atoms with van der Waals surface area (Å²) in [4.78, 5) is 69.2. The molecule has 7 rings (SSSR count). The molecule has 4 amide bonds. The van der Waals surface area contributed by atoms with E-state index in [0.717, 1.165) is 132 Å². The van der Waals surface area contributed by atoms with Gasteiger partial charge in [-0.1, -0.05) is 63.8 Å². The molecule has 1 aromatic heterocycles. The number of aromatic nitrogens is 2. The van der Waals surface area contributed by atoms with Gasteiger partial charge in [0.1, 0.15) is 11.9 Å². The summed E-state index contributed by atoms with van der Waals surface area (Å²) in [6.07, 6.45) is 17.8. The fraction of sp³-hybridized carbons (Fsp3) is 0.644. The van der Waals surface area contributed by atoms with Crippen LogP contribution in [0.15, 0.2) is 37.2 Å². The summed E-state index contributed by atoms with van der Waals surface area (Å²) in [7, 11) is 3.66. The van der Waals surface area contributed by atoms with Crippen LogP contribution >= 0.6 is 11.9 Å². The highest BCUT2D eigenvalue weighted by atomic mass is 32.2. The molecule has 2 aliphatic carbocycles. The predicted molar refractivity (Wildman–Crippen MR) is 237 cm³/mol. The van der Waals surface area contributed by atoms with Crippen molar-refractivity contribution in [2.45, 2.75) is 139 Å². The number of anilines is 4. The number of benzene rings is 1. The fourth-order valence-corrected chi connectivity index (χ4v) is 11.3. The van der Waals surface area contributed by atoms with Gasteiger partial charge in [0.2, 0.25) is 30.1 Å². The highest BCUT2D eigenvalue weighted by Crippen LogP contribution is 2.58. The Balaban J connectivity index is 0.833. The van der Waals surface area contributed by atoms with Crippen LogP contribution in [-0.4, -0.2) is 107 Å². The number of hydrogen-bond donors (Lipinski definition) is 2. The number of carbonyl (C=O) groups is 4. The average molecular weight is 828 g/mol. The maximum absolute atomic E-state index is 13.6. The molecular weight excluding hydrogens is 763 g/mol. The zero-order valence-corrected chi connectivity index (χ0v) is 36.5. The normalized spacial score (nSPS) is 23.0. The number of rotatable bonds is 19. The standard InChI is InChI=1S/C45H65N9O4S/c1-6-13-38(42(57)46-7-2)51(5)37-18-12-16-32(40(37)50(4)30-55)15-9-8-10-19-39(56)52-25-22-34(29-52)59-53-26-20-33(21-27-53)48-44-47-28-35-41(49-44)54(36-17-11-14-31(36)3)43(58)45(35)23-24-45/h7,12,16,18,28,30-31,33-34,36,38H,2,6,8-11,13-15,17,19-27,29H2,1,3-5H3,(H,46,57)(H,47,48,49). The van der Waals surface area contributed by atoms with Crippen LogP contribution in [0.3, 0.4) is 0 Å². The molecule has 2 saturated carbocycles. The molecule has 2 N–H and O–H groups in total. The van der Waals surface area contributed by atoms with Crippen molar-refractivity contribution >= 4 is 59.2 Å². The zero-order valence-electron chi connectivity index (χ0n) is 35.7. The van der Waals surface area contributed by atoms with E-state index >= 15 is 0 Å². The van der Waals surface area contributed by atoms with E-state index in [-0.39, 0.29) is 35.2 Å². The molecule has 4 atom stereocenters. The van der Waals surface area contributed by atoms with Crippen LogP contribution in [-0.2, 0) is 31.0 Å². The molecule has 59 heavy (non-hydrogen) atoms. The summed E-state index contributed by atoms with van der Waals surface area (Å²) < 4.78 is 2.47. The van der Waals surface area contributed by atoms with Crippen molar-refractivity contribution in [3.63, 3.8) is 0 Å². The molecule has 1 aromatic carbocycles. The predicted octanol–water partition coefficient (Wildman–Crippen LogP) is 6.43. The number of fused-ring (bicyclic) bond motifs is 2. The number of para-hydroxylation sites is 1. The van der Waals surface area contributed by atoms with Gasteiger partial charge in [0, 0.05) is 75.8 Å². The Morgan fingerprint density at radius 1 is 1.08 bits per heavy atom. The van der Waals surface area contributed by atoms with Crippen LogP contribution in [0.4, 0.5) is 23.1 Å². The van der Waals surface area contributed by atoms with Crippen LogP contribution in [0.2, 0.25) is 0 Å². The molecule has 4 fully saturated rings. The number of likely N-dealkylation sites (tertiary alicyclic amines) is 1. The fourth-order valence-electron chi connectivity index (χ4n) is 9.96. The van der Waals surface area contributed by atoms with Crippen molar-refractivity contribution in [1.29, 1.82) is 0 Å². The molecule has 14 heteroatoms. The summed E-state index contributed by atoms with van der Waals surface area (Å²) in [6.45, 7) is 11.5. The van der Waals surface area contributed by atoms with Gasteiger partial charge in [0.25, 0.3) is 0 Å². The van der Waals surface area contributed by atoms with E-state index in [2.05, 4.69) is 46.3 Å². The van der Waals surface area contributed by atoms with Crippen LogP contribution in [0.25, 0.3) is 0 Å². The Hall–Kier alpha value is -4.17. The van der Waals surface area contributed by atoms with Gasteiger partial charge in [-0.15, -0.1) is 0 Å². The van der Waals surface area contributed by atoms with Crippen LogP contribution in [0.1, 0.15) is 115 Å². The molecule has 13 nitrogen and oxygen atoms in total. The van der Waals surface area contributed by atoms with Crippen molar-refractivity contribution in [2.75, 3.05) is 60.3 Å². The first-order valence-corrected chi connectivity index (χ1v) is 23.0. The van der Waals surface area contributed by atoms with E-state index in [1.54, 1.807) is 11.9 Å². The Bertz CT molecular complexity index is 1850. The van der Waals surface area contributed by atoms with Crippen molar-refractivity contribution in [1.82, 2.24) is 24.5 Å². The lowest BCUT2D eigenvalue weighted by atomic mass is 10.0. The van der Waals surface area contributed by atoms with Crippen LogP contribution in [0.5, 0.6) is 0 Å². The molecule has 4 unspecified atom stereocenters. The number of nitrogens with zero attached hydrogens (tertiary/aromatic N) is 7. The number of likely N-dealkylation sites (N-methyl/N-ethyl adjacent to an activating group) is 1. The van der Waals surface area contributed by atoms with Crippen LogP contribution < -0.4 is 25.3 Å². The molecule has 3 aliphatic heterocycles.